The number of likely N-dealkylation sites (N-methyl/N-ethyl adjacent to an activating group) is 1. The molecule has 0 aromatic rings. The highest BCUT2D eigenvalue weighted by Gasteiger charge is 2.21. The van der Waals surface area contributed by atoms with Crippen molar-refractivity contribution in [3.63, 3.8) is 0 Å². The molecule has 1 rings (SSSR count). The monoisotopic (exact) mass is 249 g/mol. The maximum absolute atomic E-state index is 11.8. The smallest absolute Gasteiger partial charge is 0.242 e. The van der Waals surface area contributed by atoms with Gasteiger partial charge in [0, 0.05) is 39.6 Å². The summed E-state index contributed by atoms with van der Waals surface area (Å²) in [5.74, 6) is -0.0485. The fourth-order valence-electron chi connectivity index (χ4n) is 1.57. The highest BCUT2D eigenvalue weighted by Crippen LogP contribution is 2.00. The molecular formula is C10H20ClN3O2. The van der Waals surface area contributed by atoms with Gasteiger partial charge in [-0.2, -0.15) is 0 Å². The van der Waals surface area contributed by atoms with Crippen molar-refractivity contribution in [1.29, 1.82) is 0 Å². The standard InChI is InChI=1S/C10H19N3O2.ClH/c1-8-6-13(5-4-11-8)10(15)7-12(3)9(2)14;/h8,11H,4-7H2,1-3H3;1H/t8-;/m1./s1. The largest absolute Gasteiger partial charge is 0.338 e. The van der Waals surface area contributed by atoms with E-state index in [-0.39, 0.29) is 30.8 Å². The fourth-order valence-corrected chi connectivity index (χ4v) is 1.57. The molecule has 16 heavy (non-hydrogen) atoms. The normalized spacial score (nSPS) is 19.9. The van der Waals surface area contributed by atoms with Crippen LogP contribution in [-0.2, 0) is 9.59 Å². The molecule has 1 heterocycles. The summed E-state index contributed by atoms with van der Waals surface area (Å²) in [6.07, 6.45) is 0. The molecule has 1 fully saturated rings. The molecule has 6 heteroatoms. The summed E-state index contributed by atoms with van der Waals surface area (Å²) in [6.45, 7) is 5.99. The van der Waals surface area contributed by atoms with Crippen molar-refractivity contribution >= 4 is 24.2 Å². The van der Waals surface area contributed by atoms with E-state index in [1.54, 1.807) is 11.9 Å². The zero-order valence-electron chi connectivity index (χ0n) is 10.0. The number of hydrogen-bond acceptors (Lipinski definition) is 3. The number of halogens is 1. The molecule has 0 radical (unpaired) electrons. The van der Waals surface area contributed by atoms with Crippen LogP contribution in [0.25, 0.3) is 0 Å². The van der Waals surface area contributed by atoms with Crippen LogP contribution in [0.15, 0.2) is 0 Å². The molecule has 1 aliphatic heterocycles. The van der Waals surface area contributed by atoms with Crippen LogP contribution in [0, 0.1) is 0 Å². The molecule has 1 saturated heterocycles. The molecule has 0 aromatic carbocycles. The summed E-state index contributed by atoms with van der Waals surface area (Å²) in [5, 5.41) is 3.27. The number of nitrogens with one attached hydrogen (secondary N) is 1. The van der Waals surface area contributed by atoms with Gasteiger partial charge in [-0.1, -0.05) is 0 Å². The van der Waals surface area contributed by atoms with E-state index in [0.717, 1.165) is 19.6 Å². The van der Waals surface area contributed by atoms with Crippen LogP contribution < -0.4 is 5.32 Å². The van der Waals surface area contributed by atoms with Gasteiger partial charge in [0.05, 0.1) is 6.54 Å². The summed E-state index contributed by atoms with van der Waals surface area (Å²) in [5.41, 5.74) is 0. The lowest BCUT2D eigenvalue weighted by Gasteiger charge is -2.32. The third-order valence-electron chi connectivity index (χ3n) is 2.63. The Hall–Kier alpha value is -0.810. The number of carbonyl (C=O) groups excluding carboxylic acids is 2. The van der Waals surface area contributed by atoms with Gasteiger partial charge in [0.1, 0.15) is 0 Å². The second-order valence-corrected chi connectivity index (χ2v) is 4.07. The highest BCUT2D eigenvalue weighted by molar-refractivity contribution is 5.85. The van der Waals surface area contributed by atoms with Gasteiger partial charge in [0.15, 0.2) is 0 Å². The van der Waals surface area contributed by atoms with Crippen molar-refractivity contribution < 1.29 is 9.59 Å². The van der Waals surface area contributed by atoms with E-state index in [1.807, 2.05) is 6.92 Å². The first-order valence-electron chi connectivity index (χ1n) is 5.23. The first kappa shape index (κ1) is 15.2. The fraction of sp³-hybridized carbons (Fsp3) is 0.800. The zero-order chi connectivity index (χ0) is 11.4. The number of piperazine rings is 1. The van der Waals surface area contributed by atoms with Gasteiger partial charge in [-0.15, -0.1) is 12.4 Å². The van der Waals surface area contributed by atoms with Crippen LogP contribution in [0.3, 0.4) is 0 Å². The van der Waals surface area contributed by atoms with Gasteiger partial charge in [0.25, 0.3) is 0 Å². The Morgan fingerprint density at radius 1 is 1.50 bits per heavy atom. The average Bonchev–Trinajstić information content (AvgIpc) is 2.17. The average molecular weight is 250 g/mol. The van der Waals surface area contributed by atoms with Gasteiger partial charge in [0.2, 0.25) is 11.8 Å². The minimum atomic E-state index is -0.0773. The quantitative estimate of drug-likeness (QED) is 0.732. The molecule has 0 aliphatic carbocycles. The SMILES string of the molecule is CC(=O)N(C)CC(=O)N1CCN[C@H](C)C1.Cl. The van der Waals surface area contributed by atoms with E-state index in [0.29, 0.717) is 6.04 Å². The summed E-state index contributed by atoms with van der Waals surface area (Å²) in [6, 6.07) is 0.338. The molecule has 0 saturated carbocycles. The summed E-state index contributed by atoms with van der Waals surface area (Å²) in [4.78, 5) is 26.0. The second kappa shape index (κ2) is 6.70. The van der Waals surface area contributed by atoms with Gasteiger partial charge >= 0.3 is 0 Å². The first-order valence-corrected chi connectivity index (χ1v) is 5.23. The van der Waals surface area contributed by atoms with Crippen LogP contribution in [0.2, 0.25) is 0 Å². The Morgan fingerprint density at radius 2 is 2.12 bits per heavy atom. The minimum absolute atomic E-state index is 0. The Labute approximate surface area is 103 Å². The van der Waals surface area contributed by atoms with Gasteiger partial charge in [-0.25, -0.2) is 0 Å². The Bertz CT molecular complexity index is 260. The molecule has 0 spiro atoms. The second-order valence-electron chi connectivity index (χ2n) is 4.07. The van der Waals surface area contributed by atoms with Crippen LogP contribution in [0.5, 0.6) is 0 Å². The van der Waals surface area contributed by atoms with Crippen molar-refractivity contribution in [3.05, 3.63) is 0 Å². The molecule has 0 aromatic heterocycles. The van der Waals surface area contributed by atoms with E-state index >= 15 is 0 Å². The van der Waals surface area contributed by atoms with Crippen molar-refractivity contribution in [2.24, 2.45) is 0 Å². The lowest BCUT2D eigenvalue weighted by atomic mass is 10.2. The van der Waals surface area contributed by atoms with Gasteiger partial charge < -0.3 is 15.1 Å². The number of amides is 2. The molecule has 2 amide bonds. The highest BCUT2D eigenvalue weighted by atomic mass is 35.5. The van der Waals surface area contributed by atoms with E-state index in [1.165, 1.54) is 11.8 Å². The van der Waals surface area contributed by atoms with Crippen LogP contribution in [-0.4, -0.2) is 60.9 Å². The minimum Gasteiger partial charge on any atom is -0.338 e. The number of nitrogens with zero attached hydrogens (tertiary/aromatic N) is 2. The van der Waals surface area contributed by atoms with Crippen LogP contribution in [0.4, 0.5) is 0 Å². The predicted octanol–water partition coefficient (Wildman–Crippen LogP) is -0.293. The maximum atomic E-state index is 11.8. The van der Waals surface area contributed by atoms with Crippen molar-refractivity contribution in [1.82, 2.24) is 15.1 Å². The lowest BCUT2D eigenvalue weighted by Crippen LogP contribution is -2.53. The van der Waals surface area contributed by atoms with E-state index < -0.39 is 0 Å². The summed E-state index contributed by atoms with van der Waals surface area (Å²) >= 11 is 0. The van der Waals surface area contributed by atoms with Gasteiger partial charge in [-0.05, 0) is 6.92 Å². The van der Waals surface area contributed by atoms with Crippen LogP contribution >= 0.6 is 12.4 Å². The third-order valence-corrected chi connectivity index (χ3v) is 2.63. The topological polar surface area (TPSA) is 52.7 Å². The van der Waals surface area contributed by atoms with E-state index in [2.05, 4.69) is 5.32 Å². The number of rotatable bonds is 2. The number of hydrogen-bond donors (Lipinski definition) is 1. The molecule has 1 atom stereocenters. The Kier molecular flexibility index (Phi) is 6.36. The Morgan fingerprint density at radius 3 is 2.62 bits per heavy atom. The third kappa shape index (κ3) is 4.37. The van der Waals surface area contributed by atoms with Crippen LogP contribution in [0.1, 0.15) is 13.8 Å². The van der Waals surface area contributed by atoms with Crippen molar-refractivity contribution in [2.45, 2.75) is 19.9 Å². The molecule has 1 N–H and O–H groups in total. The Balaban J connectivity index is 0.00000225. The molecule has 0 bridgehead atoms. The van der Waals surface area contributed by atoms with Gasteiger partial charge in [-0.3, -0.25) is 9.59 Å². The summed E-state index contributed by atoms with van der Waals surface area (Å²) in [7, 11) is 1.64. The van der Waals surface area contributed by atoms with E-state index in [4.69, 9.17) is 0 Å². The molecule has 1 aliphatic rings. The zero-order valence-corrected chi connectivity index (χ0v) is 10.8. The van der Waals surface area contributed by atoms with Crippen molar-refractivity contribution in [3.8, 4) is 0 Å². The number of carbonyl (C=O) groups is 2. The maximum Gasteiger partial charge on any atom is 0.242 e. The predicted molar refractivity (Wildman–Crippen MR) is 64.6 cm³/mol. The molecule has 94 valence electrons. The molecular weight excluding hydrogens is 230 g/mol. The lowest BCUT2D eigenvalue weighted by molar-refractivity contribution is -0.139. The molecule has 0 unspecified atom stereocenters. The first-order chi connectivity index (χ1) is 7.00. The summed E-state index contributed by atoms with van der Waals surface area (Å²) < 4.78 is 0. The van der Waals surface area contributed by atoms with Crippen molar-refractivity contribution in [2.75, 3.05) is 33.2 Å². The molecule has 5 nitrogen and oxygen atoms in total. The van der Waals surface area contributed by atoms with E-state index in [9.17, 15) is 9.59 Å².